The summed E-state index contributed by atoms with van der Waals surface area (Å²) in [5, 5.41) is 7.39. The van der Waals surface area contributed by atoms with Crippen LogP contribution in [0.4, 0.5) is 5.13 Å². The molecule has 0 fully saturated rings. The average Bonchev–Trinajstić information content (AvgIpc) is 3.10. The number of aryl methyl sites for hydroxylation is 1. The zero-order valence-corrected chi connectivity index (χ0v) is 13.6. The summed E-state index contributed by atoms with van der Waals surface area (Å²) < 4.78 is 3.55. The van der Waals surface area contributed by atoms with Gasteiger partial charge in [0, 0.05) is 6.20 Å². The molecule has 0 aliphatic carbocycles. The van der Waals surface area contributed by atoms with E-state index in [1.165, 1.54) is 15.7 Å². The molecule has 0 atom stereocenters. The molecule has 1 N–H and O–H groups in total. The molecule has 3 heterocycles. The van der Waals surface area contributed by atoms with E-state index in [1.54, 1.807) is 24.4 Å². The van der Waals surface area contributed by atoms with Crippen molar-refractivity contribution in [3.63, 3.8) is 0 Å². The van der Waals surface area contributed by atoms with Gasteiger partial charge in [0.1, 0.15) is 6.54 Å². The summed E-state index contributed by atoms with van der Waals surface area (Å²) in [5.41, 5.74) is 2.09. The lowest BCUT2D eigenvalue weighted by Crippen LogP contribution is -2.28. The number of carbonyl (C=O) groups excluding carboxylic acids is 1. The molecule has 0 saturated carbocycles. The molecule has 0 unspecified atom stereocenters. The van der Waals surface area contributed by atoms with Gasteiger partial charge < -0.3 is 5.32 Å². The number of amides is 1. The number of hydrogen-bond acceptors (Lipinski definition) is 5. The van der Waals surface area contributed by atoms with Crippen LogP contribution >= 0.6 is 11.3 Å². The Kier molecular flexibility index (Phi) is 3.39. The van der Waals surface area contributed by atoms with Crippen LogP contribution in [0.2, 0.25) is 0 Å². The van der Waals surface area contributed by atoms with Gasteiger partial charge in [-0.25, -0.2) is 14.5 Å². The zero-order valence-electron chi connectivity index (χ0n) is 12.8. The number of nitrogens with zero attached hydrogens (tertiary/aromatic N) is 4. The van der Waals surface area contributed by atoms with Crippen LogP contribution in [0, 0.1) is 6.92 Å². The minimum atomic E-state index is -0.346. The first kappa shape index (κ1) is 14.6. The number of nitrogens with one attached hydrogen (secondary N) is 1. The van der Waals surface area contributed by atoms with Crippen molar-refractivity contribution < 1.29 is 4.79 Å². The Morgan fingerprint density at radius 1 is 1.25 bits per heavy atom. The number of para-hydroxylation sites is 1. The van der Waals surface area contributed by atoms with Gasteiger partial charge in [-0.05, 0) is 30.7 Å². The number of aromatic nitrogens is 4. The zero-order chi connectivity index (χ0) is 16.7. The van der Waals surface area contributed by atoms with Crippen molar-refractivity contribution in [2.75, 3.05) is 5.32 Å². The van der Waals surface area contributed by atoms with Crippen LogP contribution in [0.25, 0.3) is 15.9 Å². The lowest BCUT2D eigenvalue weighted by Gasteiger charge is -2.00. The third-order valence-corrected chi connectivity index (χ3v) is 4.58. The van der Waals surface area contributed by atoms with Crippen LogP contribution in [0.15, 0.2) is 47.4 Å². The third-order valence-electron chi connectivity index (χ3n) is 3.65. The van der Waals surface area contributed by atoms with Crippen LogP contribution < -0.4 is 11.0 Å². The van der Waals surface area contributed by atoms with Gasteiger partial charge in [0.05, 0.1) is 10.2 Å². The summed E-state index contributed by atoms with van der Waals surface area (Å²) in [7, 11) is 0. The van der Waals surface area contributed by atoms with Crippen LogP contribution in [0.1, 0.15) is 5.56 Å². The molecule has 7 nitrogen and oxygen atoms in total. The first-order chi connectivity index (χ1) is 11.6. The SMILES string of the molecule is Cc1cccc2sc(NC(=O)Cn3nc4ccccn4c3=O)nc12. The second-order valence-electron chi connectivity index (χ2n) is 5.36. The largest absolute Gasteiger partial charge is 0.350 e. The van der Waals surface area contributed by atoms with E-state index in [4.69, 9.17) is 0 Å². The number of benzene rings is 1. The van der Waals surface area contributed by atoms with Crippen molar-refractivity contribution in [3.8, 4) is 0 Å². The number of fused-ring (bicyclic) bond motifs is 2. The highest BCUT2D eigenvalue weighted by Crippen LogP contribution is 2.27. The lowest BCUT2D eigenvalue weighted by molar-refractivity contribution is -0.117. The first-order valence-corrected chi connectivity index (χ1v) is 8.14. The van der Waals surface area contributed by atoms with E-state index in [1.807, 2.05) is 25.1 Å². The van der Waals surface area contributed by atoms with Crippen LogP contribution in [0.3, 0.4) is 0 Å². The van der Waals surface area contributed by atoms with E-state index < -0.39 is 0 Å². The van der Waals surface area contributed by atoms with E-state index in [-0.39, 0.29) is 18.1 Å². The van der Waals surface area contributed by atoms with Crippen molar-refractivity contribution in [1.29, 1.82) is 0 Å². The first-order valence-electron chi connectivity index (χ1n) is 7.32. The van der Waals surface area contributed by atoms with E-state index in [0.29, 0.717) is 10.8 Å². The summed E-state index contributed by atoms with van der Waals surface area (Å²) in [6, 6.07) is 11.1. The highest BCUT2D eigenvalue weighted by molar-refractivity contribution is 7.22. The maximum atomic E-state index is 12.2. The van der Waals surface area contributed by atoms with Gasteiger partial charge in [-0.2, -0.15) is 0 Å². The van der Waals surface area contributed by atoms with E-state index >= 15 is 0 Å². The van der Waals surface area contributed by atoms with Crippen LogP contribution in [-0.2, 0) is 11.3 Å². The molecule has 1 amide bonds. The highest BCUT2D eigenvalue weighted by atomic mass is 32.1. The Morgan fingerprint density at radius 3 is 2.92 bits per heavy atom. The van der Waals surface area contributed by atoms with E-state index in [0.717, 1.165) is 20.5 Å². The van der Waals surface area contributed by atoms with Crippen LogP contribution in [0.5, 0.6) is 0 Å². The fourth-order valence-electron chi connectivity index (χ4n) is 2.51. The van der Waals surface area contributed by atoms with Gasteiger partial charge in [-0.15, -0.1) is 5.10 Å². The average molecular weight is 339 g/mol. The normalized spacial score (nSPS) is 11.2. The molecule has 24 heavy (non-hydrogen) atoms. The lowest BCUT2D eigenvalue weighted by atomic mass is 10.2. The molecule has 0 spiro atoms. The van der Waals surface area contributed by atoms with Gasteiger partial charge in [0.25, 0.3) is 0 Å². The minimum Gasteiger partial charge on any atom is -0.300 e. The number of hydrogen-bond donors (Lipinski definition) is 1. The second-order valence-corrected chi connectivity index (χ2v) is 6.39. The summed E-state index contributed by atoms with van der Waals surface area (Å²) >= 11 is 1.40. The quantitative estimate of drug-likeness (QED) is 0.619. The Hall–Kier alpha value is -3.00. The summed E-state index contributed by atoms with van der Waals surface area (Å²) in [4.78, 5) is 28.8. The monoisotopic (exact) mass is 339 g/mol. The predicted molar refractivity (Wildman–Crippen MR) is 92.4 cm³/mol. The summed E-state index contributed by atoms with van der Waals surface area (Å²) in [6.07, 6.45) is 1.62. The number of pyridine rings is 1. The fraction of sp³-hybridized carbons (Fsp3) is 0.125. The Bertz CT molecular complexity index is 1120. The maximum absolute atomic E-state index is 12.2. The van der Waals surface area contributed by atoms with Gasteiger partial charge in [-0.3, -0.25) is 9.20 Å². The maximum Gasteiger partial charge on any atom is 0.350 e. The Balaban J connectivity index is 1.58. The van der Waals surface area contributed by atoms with Gasteiger partial charge in [-0.1, -0.05) is 29.5 Å². The molecule has 4 rings (SSSR count). The molecule has 0 aliphatic rings. The fourth-order valence-corrected chi connectivity index (χ4v) is 3.47. The molecule has 4 aromatic rings. The molecule has 8 heteroatoms. The predicted octanol–water partition coefficient (Wildman–Crippen LogP) is 2.05. The standard InChI is InChI=1S/C16H13N5O2S/c1-10-5-4-6-11-14(10)18-15(24-11)17-13(22)9-21-16(23)20-8-3-2-7-12(20)19-21/h2-8H,9H2,1H3,(H,17,18,22). The smallest absolute Gasteiger partial charge is 0.300 e. The molecule has 0 aliphatic heterocycles. The number of carbonyl (C=O) groups is 1. The van der Waals surface area contributed by atoms with Gasteiger partial charge in [0.2, 0.25) is 5.91 Å². The van der Waals surface area contributed by atoms with Crippen molar-refractivity contribution in [2.45, 2.75) is 13.5 Å². The molecular weight excluding hydrogens is 326 g/mol. The van der Waals surface area contributed by atoms with Crippen LogP contribution in [-0.4, -0.2) is 25.1 Å². The second kappa shape index (κ2) is 5.57. The number of thiazole rings is 1. The van der Waals surface area contributed by atoms with Crippen molar-refractivity contribution in [2.24, 2.45) is 0 Å². The number of anilines is 1. The number of rotatable bonds is 3. The molecule has 0 saturated heterocycles. The Morgan fingerprint density at radius 2 is 2.12 bits per heavy atom. The highest BCUT2D eigenvalue weighted by Gasteiger charge is 2.13. The summed E-state index contributed by atoms with van der Waals surface area (Å²) in [6.45, 7) is 1.82. The topological polar surface area (TPSA) is 81.3 Å². The molecule has 0 radical (unpaired) electrons. The van der Waals surface area contributed by atoms with E-state index in [9.17, 15) is 9.59 Å². The van der Waals surface area contributed by atoms with E-state index in [2.05, 4.69) is 15.4 Å². The molecule has 120 valence electrons. The molecule has 0 bridgehead atoms. The third kappa shape index (κ3) is 2.46. The molecule has 3 aromatic heterocycles. The van der Waals surface area contributed by atoms with Gasteiger partial charge in [0.15, 0.2) is 10.8 Å². The van der Waals surface area contributed by atoms with Crippen molar-refractivity contribution in [3.05, 3.63) is 58.6 Å². The van der Waals surface area contributed by atoms with Crippen molar-refractivity contribution >= 4 is 38.2 Å². The minimum absolute atomic E-state index is 0.157. The molecular formula is C16H13N5O2S. The van der Waals surface area contributed by atoms with Gasteiger partial charge >= 0.3 is 5.69 Å². The van der Waals surface area contributed by atoms with Crippen molar-refractivity contribution in [1.82, 2.24) is 19.2 Å². The Labute approximate surface area is 140 Å². The summed E-state index contributed by atoms with van der Waals surface area (Å²) in [5.74, 6) is -0.336. The molecule has 1 aromatic carbocycles.